The summed E-state index contributed by atoms with van der Waals surface area (Å²) in [6, 6.07) is 6.16. The van der Waals surface area contributed by atoms with Gasteiger partial charge in [0.1, 0.15) is 6.04 Å². The molecule has 0 radical (unpaired) electrons. The molecule has 1 aromatic carbocycles. The van der Waals surface area contributed by atoms with Crippen molar-refractivity contribution in [1.29, 1.82) is 0 Å². The molecule has 23 heavy (non-hydrogen) atoms. The van der Waals surface area contributed by atoms with Gasteiger partial charge in [0, 0.05) is 6.54 Å². The Bertz CT molecular complexity index is 690. The summed E-state index contributed by atoms with van der Waals surface area (Å²) in [5.74, 6) is -0.810. The second-order valence-corrected chi connectivity index (χ2v) is 6.30. The molecule has 5 nitrogen and oxygen atoms in total. The summed E-state index contributed by atoms with van der Waals surface area (Å²) in [6.07, 6.45) is 7.44. The zero-order valence-corrected chi connectivity index (χ0v) is 12.8. The van der Waals surface area contributed by atoms with E-state index in [0.717, 1.165) is 24.2 Å². The zero-order valence-electron chi connectivity index (χ0n) is 12.8. The largest absolute Gasteiger partial charge is 0.334 e. The average molecular weight is 310 g/mol. The predicted octanol–water partition coefficient (Wildman–Crippen LogP) is 1.99. The fourth-order valence-electron chi connectivity index (χ4n) is 3.79. The van der Waals surface area contributed by atoms with E-state index >= 15 is 0 Å². The van der Waals surface area contributed by atoms with Crippen LogP contribution in [0.2, 0.25) is 0 Å². The molecule has 1 aromatic rings. The first kappa shape index (κ1) is 14.2. The van der Waals surface area contributed by atoms with Crippen LogP contribution in [0.5, 0.6) is 0 Å². The van der Waals surface area contributed by atoms with Crippen molar-refractivity contribution in [2.75, 3.05) is 6.54 Å². The first-order valence-electron chi connectivity index (χ1n) is 8.12. The van der Waals surface area contributed by atoms with Gasteiger partial charge in [0.15, 0.2) is 0 Å². The van der Waals surface area contributed by atoms with Crippen LogP contribution in [0.3, 0.4) is 0 Å². The van der Waals surface area contributed by atoms with Crippen LogP contribution in [0.1, 0.15) is 46.4 Å². The van der Waals surface area contributed by atoms with Crippen molar-refractivity contribution in [1.82, 2.24) is 9.80 Å². The number of carbonyl (C=O) groups is 3. The molecule has 0 N–H and O–H groups in total. The van der Waals surface area contributed by atoms with Gasteiger partial charge in [-0.05, 0) is 37.8 Å². The Morgan fingerprint density at radius 2 is 1.65 bits per heavy atom. The van der Waals surface area contributed by atoms with Crippen LogP contribution in [0.4, 0.5) is 0 Å². The molecular formula is C18H18N2O3. The monoisotopic (exact) mass is 310 g/mol. The maximum absolute atomic E-state index is 12.9. The van der Waals surface area contributed by atoms with E-state index in [1.807, 2.05) is 11.0 Å². The molecule has 2 atom stereocenters. The van der Waals surface area contributed by atoms with E-state index in [1.165, 1.54) is 0 Å². The van der Waals surface area contributed by atoms with Crippen molar-refractivity contribution >= 4 is 17.7 Å². The molecule has 4 rings (SSSR count). The molecule has 2 unspecified atom stereocenters. The molecule has 3 amide bonds. The minimum Gasteiger partial charge on any atom is -0.334 e. The molecule has 1 fully saturated rings. The van der Waals surface area contributed by atoms with Gasteiger partial charge >= 0.3 is 0 Å². The van der Waals surface area contributed by atoms with Crippen molar-refractivity contribution < 1.29 is 14.4 Å². The lowest BCUT2D eigenvalue weighted by atomic mass is 10.0. The van der Waals surface area contributed by atoms with E-state index in [-0.39, 0.29) is 23.8 Å². The van der Waals surface area contributed by atoms with Gasteiger partial charge in [-0.2, -0.15) is 0 Å². The second kappa shape index (κ2) is 5.33. The Kier molecular flexibility index (Phi) is 3.29. The van der Waals surface area contributed by atoms with E-state index in [9.17, 15) is 14.4 Å². The number of rotatable bonds is 1. The molecule has 118 valence electrons. The highest BCUT2D eigenvalue weighted by atomic mass is 16.2. The number of imide groups is 1. The summed E-state index contributed by atoms with van der Waals surface area (Å²) in [6.45, 7) is 0.702. The van der Waals surface area contributed by atoms with Crippen molar-refractivity contribution in [3.05, 3.63) is 47.5 Å². The maximum atomic E-state index is 12.9. The quantitative estimate of drug-likeness (QED) is 0.589. The molecular weight excluding hydrogens is 292 g/mol. The fourth-order valence-corrected chi connectivity index (χ4v) is 3.79. The van der Waals surface area contributed by atoms with E-state index in [1.54, 1.807) is 24.3 Å². The fraction of sp³-hybridized carbons (Fsp3) is 0.389. The van der Waals surface area contributed by atoms with Crippen LogP contribution >= 0.6 is 0 Å². The van der Waals surface area contributed by atoms with Crippen LogP contribution in [0.15, 0.2) is 36.4 Å². The van der Waals surface area contributed by atoms with Crippen LogP contribution < -0.4 is 0 Å². The van der Waals surface area contributed by atoms with Crippen molar-refractivity contribution in [3.8, 4) is 0 Å². The van der Waals surface area contributed by atoms with Crippen LogP contribution in [0, 0.1) is 0 Å². The summed E-state index contributed by atoms with van der Waals surface area (Å²) >= 11 is 0. The van der Waals surface area contributed by atoms with Gasteiger partial charge in [-0.3, -0.25) is 19.3 Å². The first-order valence-corrected chi connectivity index (χ1v) is 8.12. The Labute approximate surface area is 134 Å². The minimum atomic E-state index is -0.721. The molecule has 0 aliphatic carbocycles. The van der Waals surface area contributed by atoms with E-state index in [2.05, 4.69) is 6.08 Å². The molecule has 0 saturated carbocycles. The van der Waals surface area contributed by atoms with Gasteiger partial charge in [-0.1, -0.05) is 24.3 Å². The van der Waals surface area contributed by atoms with Crippen molar-refractivity contribution in [2.24, 2.45) is 0 Å². The van der Waals surface area contributed by atoms with E-state index < -0.39 is 6.04 Å². The lowest BCUT2D eigenvalue weighted by Crippen LogP contribution is -2.53. The number of fused-ring (bicyclic) bond motifs is 2. The molecule has 0 spiro atoms. The summed E-state index contributed by atoms with van der Waals surface area (Å²) in [5.41, 5.74) is 0.794. The highest BCUT2D eigenvalue weighted by Gasteiger charge is 2.44. The average Bonchev–Trinajstić information content (AvgIpc) is 2.73. The molecule has 3 aliphatic heterocycles. The third-order valence-corrected chi connectivity index (χ3v) is 4.97. The number of hydrogen-bond acceptors (Lipinski definition) is 3. The van der Waals surface area contributed by atoms with Crippen molar-refractivity contribution in [3.63, 3.8) is 0 Å². The lowest BCUT2D eigenvalue weighted by Gasteiger charge is -2.36. The van der Waals surface area contributed by atoms with Gasteiger partial charge in [-0.15, -0.1) is 0 Å². The van der Waals surface area contributed by atoms with Crippen LogP contribution in [0.25, 0.3) is 0 Å². The summed E-state index contributed by atoms with van der Waals surface area (Å²) in [4.78, 5) is 41.2. The molecule has 0 bridgehead atoms. The van der Waals surface area contributed by atoms with E-state index in [4.69, 9.17) is 0 Å². The number of amides is 3. The van der Waals surface area contributed by atoms with E-state index in [0.29, 0.717) is 24.1 Å². The molecule has 5 heteroatoms. The third-order valence-electron chi connectivity index (χ3n) is 4.97. The van der Waals surface area contributed by atoms with Gasteiger partial charge in [0.05, 0.1) is 17.2 Å². The topological polar surface area (TPSA) is 57.7 Å². The van der Waals surface area contributed by atoms with Gasteiger partial charge in [-0.25, -0.2) is 0 Å². The zero-order chi connectivity index (χ0) is 16.0. The number of benzene rings is 1. The normalized spacial score (nSPS) is 27.0. The number of carbonyl (C=O) groups excluding carboxylic acids is 3. The van der Waals surface area contributed by atoms with Crippen molar-refractivity contribution in [2.45, 2.75) is 37.8 Å². The maximum Gasteiger partial charge on any atom is 0.262 e. The third kappa shape index (κ3) is 2.11. The second-order valence-electron chi connectivity index (χ2n) is 6.30. The van der Waals surface area contributed by atoms with Crippen LogP contribution in [-0.4, -0.2) is 46.1 Å². The highest BCUT2D eigenvalue weighted by Crippen LogP contribution is 2.30. The summed E-state index contributed by atoms with van der Waals surface area (Å²) in [7, 11) is 0. The van der Waals surface area contributed by atoms with Crippen LogP contribution in [-0.2, 0) is 4.79 Å². The number of hydrogen-bond donors (Lipinski definition) is 0. The Morgan fingerprint density at radius 1 is 0.957 bits per heavy atom. The summed E-state index contributed by atoms with van der Waals surface area (Å²) < 4.78 is 0. The molecule has 3 heterocycles. The van der Waals surface area contributed by atoms with Gasteiger partial charge in [0.2, 0.25) is 5.91 Å². The lowest BCUT2D eigenvalue weighted by molar-refractivity contribution is -0.137. The summed E-state index contributed by atoms with van der Waals surface area (Å²) in [5, 5.41) is 0. The Hall–Kier alpha value is -2.43. The molecule has 0 aromatic heterocycles. The predicted molar refractivity (Wildman–Crippen MR) is 83.8 cm³/mol. The SMILES string of the molecule is O=C1C(N2C(=O)c3ccccc3C2=O)CC=CC2CCCCN12. The van der Waals surface area contributed by atoms with Gasteiger partial charge in [0.25, 0.3) is 11.8 Å². The number of nitrogens with zero attached hydrogens (tertiary/aromatic N) is 2. The Morgan fingerprint density at radius 3 is 2.35 bits per heavy atom. The minimum absolute atomic E-state index is 0.103. The standard InChI is InChI=1S/C18H18N2O3/c21-16-13-8-1-2-9-14(13)17(22)20(16)15-10-5-7-12-6-3-4-11-19(12)18(15)23/h1-2,5,7-9,12,15H,3-4,6,10-11H2. The van der Waals surface area contributed by atoms with Gasteiger partial charge < -0.3 is 4.90 Å². The number of piperidine rings is 1. The Balaban J connectivity index is 1.68. The smallest absolute Gasteiger partial charge is 0.262 e. The molecule has 1 saturated heterocycles. The first-order chi connectivity index (χ1) is 11.2. The molecule has 3 aliphatic rings. The highest BCUT2D eigenvalue weighted by molar-refractivity contribution is 6.22.